The second-order valence-corrected chi connectivity index (χ2v) is 4.99. The highest BCUT2D eigenvalue weighted by atomic mass is 19.3. The molecule has 1 amide bonds. The maximum Gasteiger partial charge on any atom is 0.387 e. The molecule has 0 aliphatic heterocycles. The normalized spacial score (nSPS) is 10.5. The minimum atomic E-state index is -3.01. The number of benzene rings is 2. The van der Waals surface area contributed by atoms with Crippen molar-refractivity contribution in [2.45, 2.75) is 6.61 Å². The molecule has 3 aromatic rings. The van der Waals surface area contributed by atoms with Crippen LogP contribution in [-0.4, -0.2) is 22.5 Å². The molecule has 1 aromatic heterocycles. The largest absolute Gasteiger partial charge is 0.434 e. The van der Waals surface area contributed by atoms with E-state index in [2.05, 4.69) is 20.0 Å². The van der Waals surface area contributed by atoms with Gasteiger partial charge < -0.3 is 10.1 Å². The molecule has 25 heavy (non-hydrogen) atoms. The Kier molecular flexibility index (Phi) is 4.94. The molecule has 2 aromatic carbocycles. The fourth-order valence-electron chi connectivity index (χ4n) is 2.18. The van der Waals surface area contributed by atoms with Crippen molar-refractivity contribution in [1.29, 1.82) is 0 Å². The highest BCUT2D eigenvalue weighted by molar-refractivity contribution is 6.06. The third kappa shape index (κ3) is 4.14. The van der Waals surface area contributed by atoms with E-state index in [1.165, 1.54) is 30.6 Å². The van der Waals surface area contributed by atoms with Crippen LogP contribution in [0.2, 0.25) is 0 Å². The Morgan fingerprint density at radius 2 is 1.60 bits per heavy atom. The topological polar surface area (TPSA) is 64.1 Å². The van der Waals surface area contributed by atoms with Crippen LogP contribution in [0.1, 0.15) is 10.4 Å². The molecule has 1 heterocycles. The van der Waals surface area contributed by atoms with Crippen LogP contribution in [0.25, 0.3) is 11.4 Å². The zero-order valence-corrected chi connectivity index (χ0v) is 12.9. The Hall–Kier alpha value is -3.35. The van der Waals surface area contributed by atoms with Gasteiger partial charge in [0.25, 0.3) is 5.91 Å². The van der Waals surface area contributed by atoms with Gasteiger partial charge in [-0.05, 0) is 12.1 Å². The number of ether oxygens (including phenoxy) is 1. The first-order valence-electron chi connectivity index (χ1n) is 7.36. The van der Waals surface area contributed by atoms with Crippen molar-refractivity contribution in [1.82, 2.24) is 9.97 Å². The van der Waals surface area contributed by atoms with Gasteiger partial charge in [-0.25, -0.2) is 9.97 Å². The second-order valence-electron chi connectivity index (χ2n) is 4.99. The molecule has 7 heteroatoms. The summed E-state index contributed by atoms with van der Waals surface area (Å²) < 4.78 is 29.2. The van der Waals surface area contributed by atoms with Crippen molar-refractivity contribution in [3.8, 4) is 17.1 Å². The number of amides is 1. The number of halogens is 2. The van der Waals surface area contributed by atoms with E-state index in [0.29, 0.717) is 11.5 Å². The number of nitrogens with one attached hydrogen (secondary N) is 1. The fraction of sp³-hybridized carbons (Fsp3) is 0.0556. The molecule has 126 valence electrons. The predicted molar refractivity (Wildman–Crippen MR) is 88.5 cm³/mol. The summed E-state index contributed by atoms with van der Waals surface area (Å²) in [5.74, 6) is -0.274. The van der Waals surface area contributed by atoms with E-state index in [1.807, 2.05) is 30.3 Å². The van der Waals surface area contributed by atoms with Crippen LogP contribution in [0.4, 0.5) is 14.5 Å². The zero-order valence-electron chi connectivity index (χ0n) is 12.9. The van der Waals surface area contributed by atoms with E-state index in [0.717, 1.165) is 5.56 Å². The van der Waals surface area contributed by atoms with Gasteiger partial charge in [0.2, 0.25) is 0 Å². The summed E-state index contributed by atoms with van der Waals surface area (Å²) in [5, 5.41) is 2.56. The van der Waals surface area contributed by atoms with Crippen molar-refractivity contribution >= 4 is 11.6 Å². The first-order valence-corrected chi connectivity index (χ1v) is 7.36. The van der Waals surface area contributed by atoms with E-state index in [1.54, 1.807) is 6.07 Å². The van der Waals surface area contributed by atoms with Gasteiger partial charge in [-0.3, -0.25) is 4.79 Å². The summed E-state index contributed by atoms with van der Waals surface area (Å²) in [6, 6.07) is 15.1. The van der Waals surface area contributed by atoms with Crippen molar-refractivity contribution in [2.75, 3.05) is 5.32 Å². The SMILES string of the molecule is O=C(Nc1cnc(-c2ccccc2)nc1)c1ccccc1OC(F)F. The molecule has 0 fully saturated rings. The summed E-state index contributed by atoms with van der Waals surface area (Å²) in [6.45, 7) is -3.01. The maximum atomic E-state index is 12.4. The number of para-hydroxylation sites is 1. The number of anilines is 1. The van der Waals surface area contributed by atoms with Crippen molar-refractivity contribution in [3.63, 3.8) is 0 Å². The third-order valence-electron chi connectivity index (χ3n) is 3.29. The van der Waals surface area contributed by atoms with E-state index in [-0.39, 0.29) is 11.3 Å². The molecule has 0 aliphatic rings. The van der Waals surface area contributed by atoms with Crippen molar-refractivity contribution < 1.29 is 18.3 Å². The maximum absolute atomic E-state index is 12.4. The number of carbonyl (C=O) groups is 1. The molecule has 0 saturated heterocycles. The number of carbonyl (C=O) groups excluding carboxylic acids is 1. The molecule has 0 bridgehead atoms. The molecular formula is C18H13F2N3O2. The Morgan fingerprint density at radius 3 is 2.28 bits per heavy atom. The Labute approximate surface area is 142 Å². The quantitative estimate of drug-likeness (QED) is 0.762. The number of alkyl halides is 2. The standard InChI is InChI=1S/C18H13F2N3O2/c19-18(20)25-15-9-5-4-8-14(15)17(24)23-13-10-21-16(22-11-13)12-6-2-1-3-7-12/h1-11,18H,(H,23,24). The summed E-state index contributed by atoms with van der Waals surface area (Å²) in [5.41, 5.74) is 1.18. The zero-order chi connectivity index (χ0) is 17.6. The Morgan fingerprint density at radius 1 is 0.960 bits per heavy atom. The van der Waals surface area contributed by atoms with Gasteiger partial charge in [0, 0.05) is 5.56 Å². The third-order valence-corrected chi connectivity index (χ3v) is 3.29. The summed E-state index contributed by atoms with van der Waals surface area (Å²) >= 11 is 0. The molecule has 3 rings (SSSR count). The van der Waals surface area contributed by atoms with Crippen LogP contribution >= 0.6 is 0 Å². The molecule has 1 N–H and O–H groups in total. The van der Waals surface area contributed by atoms with Crippen LogP contribution in [0, 0.1) is 0 Å². The van der Waals surface area contributed by atoms with E-state index < -0.39 is 12.5 Å². The number of nitrogens with zero attached hydrogens (tertiary/aromatic N) is 2. The van der Waals surface area contributed by atoms with E-state index in [4.69, 9.17) is 0 Å². The molecule has 0 spiro atoms. The summed E-state index contributed by atoms with van der Waals surface area (Å²) in [6.07, 6.45) is 2.90. The lowest BCUT2D eigenvalue weighted by atomic mass is 10.2. The highest BCUT2D eigenvalue weighted by Gasteiger charge is 2.15. The van der Waals surface area contributed by atoms with Gasteiger partial charge in [-0.1, -0.05) is 42.5 Å². The molecule has 0 unspecified atom stereocenters. The minimum Gasteiger partial charge on any atom is -0.434 e. The van der Waals surface area contributed by atoms with Crippen molar-refractivity contribution in [2.24, 2.45) is 0 Å². The molecule has 0 atom stereocenters. The Balaban J connectivity index is 1.76. The van der Waals surface area contributed by atoms with Crippen molar-refractivity contribution in [3.05, 3.63) is 72.6 Å². The van der Waals surface area contributed by atoms with Crippen LogP contribution in [0.15, 0.2) is 67.0 Å². The Bertz CT molecular complexity index is 856. The average Bonchev–Trinajstić information content (AvgIpc) is 2.63. The second kappa shape index (κ2) is 7.48. The molecule has 5 nitrogen and oxygen atoms in total. The number of rotatable bonds is 5. The van der Waals surface area contributed by atoms with E-state index >= 15 is 0 Å². The lowest BCUT2D eigenvalue weighted by Crippen LogP contribution is -2.15. The van der Waals surface area contributed by atoms with Gasteiger partial charge in [-0.2, -0.15) is 8.78 Å². The number of hydrogen-bond acceptors (Lipinski definition) is 4. The lowest BCUT2D eigenvalue weighted by molar-refractivity contribution is -0.0501. The van der Waals surface area contributed by atoms with Crippen LogP contribution in [-0.2, 0) is 0 Å². The molecular weight excluding hydrogens is 328 g/mol. The lowest BCUT2D eigenvalue weighted by Gasteiger charge is -2.10. The molecule has 0 radical (unpaired) electrons. The molecule has 0 saturated carbocycles. The van der Waals surface area contributed by atoms with E-state index in [9.17, 15) is 13.6 Å². The van der Waals surface area contributed by atoms with Crippen LogP contribution < -0.4 is 10.1 Å². The van der Waals surface area contributed by atoms with Gasteiger partial charge in [0.05, 0.1) is 23.6 Å². The van der Waals surface area contributed by atoms with Crippen LogP contribution in [0.3, 0.4) is 0 Å². The first-order chi connectivity index (χ1) is 12.1. The van der Waals surface area contributed by atoms with Gasteiger partial charge in [-0.15, -0.1) is 0 Å². The van der Waals surface area contributed by atoms with Gasteiger partial charge in [0.1, 0.15) is 5.75 Å². The average molecular weight is 341 g/mol. The summed E-state index contributed by atoms with van der Waals surface area (Å²) in [4.78, 5) is 20.7. The number of aromatic nitrogens is 2. The van der Waals surface area contributed by atoms with Crippen LogP contribution in [0.5, 0.6) is 5.75 Å². The monoisotopic (exact) mass is 341 g/mol. The smallest absolute Gasteiger partial charge is 0.387 e. The number of hydrogen-bond donors (Lipinski definition) is 1. The van der Waals surface area contributed by atoms with Gasteiger partial charge >= 0.3 is 6.61 Å². The fourth-order valence-corrected chi connectivity index (χ4v) is 2.18. The first kappa shape index (κ1) is 16.5. The predicted octanol–water partition coefficient (Wildman–Crippen LogP) is 4.00. The molecule has 0 aliphatic carbocycles. The minimum absolute atomic E-state index is 0.00469. The highest BCUT2D eigenvalue weighted by Crippen LogP contribution is 2.22. The summed E-state index contributed by atoms with van der Waals surface area (Å²) in [7, 11) is 0. The van der Waals surface area contributed by atoms with Gasteiger partial charge in [0.15, 0.2) is 5.82 Å².